The van der Waals surface area contributed by atoms with Gasteiger partial charge in [-0.25, -0.2) is 4.98 Å². The van der Waals surface area contributed by atoms with E-state index in [-0.39, 0.29) is 5.91 Å². The first-order valence-electron chi connectivity index (χ1n) is 8.17. The summed E-state index contributed by atoms with van der Waals surface area (Å²) in [5.41, 5.74) is 3.37. The number of H-pyrrole nitrogens is 1. The first-order valence-corrected chi connectivity index (χ1v) is 8.55. The molecule has 0 saturated carbocycles. The lowest BCUT2D eigenvalue weighted by atomic mass is 10.1. The maximum Gasteiger partial charge on any atom is 0.259 e. The molecule has 4 rings (SSSR count). The third-order valence-electron chi connectivity index (χ3n) is 4.00. The normalized spacial score (nSPS) is 10.7. The van der Waals surface area contributed by atoms with Crippen LogP contribution >= 0.6 is 11.6 Å². The summed E-state index contributed by atoms with van der Waals surface area (Å²) in [6, 6.07) is 14.6. The number of aromatic amines is 1. The van der Waals surface area contributed by atoms with Crippen molar-refractivity contribution in [2.45, 2.75) is 0 Å². The van der Waals surface area contributed by atoms with Crippen LogP contribution in [0.2, 0.25) is 5.02 Å². The molecule has 0 fully saturated rings. The Morgan fingerprint density at radius 1 is 1.15 bits per heavy atom. The molecule has 4 aromatic rings. The Kier molecular flexibility index (Phi) is 4.43. The summed E-state index contributed by atoms with van der Waals surface area (Å²) in [5, 5.41) is 14.7. The largest absolute Gasteiger partial charge is 0.322 e. The van der Waals surface area contributed by atoms with Gasteiger partial charge in [0.05, 0.1) is 17.5 Å². The molecule has 8 heteroatoms. The second kappa shape index (κ2) is 7.05. The molecule has 2 aromatic carbocycles. The number of amides is 1. The number of hydrogen-bond acceptors (Lipinski definition) is 4. The van der Waals surface area contributed by atoms with Crippen molar-refractivity contribution >= 4 is 23.2 Å². The molecule has 134 valence electrons. The number of aryl methyl sites for hydroxylation is 1. The molecular weight excluding hydrogens is 364 g/mol. The summed E-state index contributed by atoms with van der Waals surface area (Å²) in [6.07, 6.45) is 3.13. The molecule has 0 saturated heterocycles. The molecule has 0 radical (unpaired) electrons. The SMILES string of the molecule is Cn1cnc(-c2cccc(NC(=O)c3cn[nH]c3-c3ccc(Cl)cc3)c2)n1. The van der Waals surface area contributed by atoms with Crippen LogP contribution in [0.1, 0.15) is 10.4 Å². The number of hydrogen-bond donors (Lipinski definition) is 2. The van der Waals surface area contributed by atoms with Gasteiger partial charge in [0.15, 0.2) is 5.82 Å². The summed E-state index contributed by atoms with van der Waals surface area (Å²) >= 11 is 5.93. The van der Waals surface area contributed by atoms with E-state index in [1.807, 2.05) is 36.4 Å². The second-order valence-corrected chi connectivity index (χ2v) is 6.38. The first-order chi connectivity index (χ1) is 13.1. The van der Waals surface area contributed by atoms with Crippen molar-refractivity contribution in [3.8, 4) is 22.6 Å². The molecule has 7 nitrogen and oxygen atoms in total. The maximum atomic E-state index is 12.8. The Morgan fingerprint density at radius 3 is 2.70 bits per heavy atom. The minimum absolute atomic E-state index is 0.264. The smallest absolute Gasteiger partial charge is 0.259 e. The van der Waals surface area contributed by atoms with Gasteiger partial charge in [-0.05, 0) is 24.3 Å². The zero-order valence-electron chi connectivity index (χ0n) is 14.3. The number of nitrogens with zero attached hydrogens (tertiary/aromatic N) is 4. The van der Waals surface area contributed by atoms with Gasteiger partial charge in [-0.2, -0.15) is 10.2 Å². The van der Waals surface area contributed by atoms with Crippen molar-refractivity contribution in [2.75, 3.05) is 5.32 Å². The van der Waals surface area contributed by atoms with Crippen LogP contribution in [0.4, 0.5) is 5.69 Å². The van der Waals surface area contributed by atoms with Crippen LogP contribution in [0, 0.1) is 0 Å². The van der Waals surface area contributed by atoms with Gasteiger partial charge in [-0.1, -0.05) is 35.9 Å². The van der Waals surface area contributed by atoms with Gasteiger partial charge < -0.3 is 5.32 Å². The molecule has 0 aliphatic carbocycles. The number of halogens is 1. The molecular formula is C19H15ClN6O. The number of carbonyl (C=O) groups is 1. The molecule has 0 bridgehead atoms. The molecule has 0 atom stereocenters. The Morgan fingerprint density at radius 2 is 1.96 bits per heavy atom. The van der Waals surface area contributed by atoms with Crippen molar-refractivity contribution in [1.29, 1.82) is 0 Å². The van der Waals surface area contributed by atoms with E-state index in [0.29, 0.717) is 27.8 Å². The van der Waals surface area contributed by atoms with Crippen LogP contribution in [-0.2, 0) is 7.05 Å². The van der Waals surface area contributed by atoms with E-state index < -0.39 is 0 Å². The van der Waals surface area contributed by atoms with Crippen LogP contribution in [0.3, 0.4) is 0 Å². The van der Waals surface area contributed by atoms with Crippen LogP contribution in [-0.4, -0.2) is 30.9 Å². The highest BCUT2D eigenvalue weighted by Crippen LogP contribution is 2.24. The zero-order valence-corrected chi connectivity index (χ0v) is 15.1. The third kappa shape index (κ3) is 3.58. The van der Waals surface area contributed by atoms with Crippen molar-refractivity contribution in [1.82, 2.24) is 25.0 Å². The van der Waals surface area contributed by atoms with Gasteiger partial charge in [-0.3, -0.25) is 14.6 Å². The topological polar surface area (TPSA) is 88.5 Å². The number of nitrogens with one attached hydrogen (secondary N) is 2. The molecule has 0 spiro atoms. The van der Waals surface area contributed by atoms with Crippen LogP contribution < -0.4 is 5.32 Å². The molecule has 2 aromatic heterocycles. The Labute approximate surface area is 160 Å². The van der Waals surface area contributed by atoms with Crippen molar-refractivity contribution in [3.63, 3.8) is 0 Å². The van der Waals surface area contributed by atoms with E-state index in [1.54, 1.807) is 30.2 Å². The predicted molar refractivity (Wildman–Crippen MR) is 103 cm³/mol. The third-order valence-corrected chi connectivity index (χ3v) is 4.25. The van der Waals surface area contributed by atoms with Crippen molar-refractivity contribution in [2.24, 2.45) is 7.05 Å². The Balaban J connectivity index is 1.59. The van der Waals surface area contributed by atoms with Gasteiger partial charge in [0, 0.05) is 28.9 Å². The van der Waals surface area contributed by atoms with Gasteiger partial charge in [0.2, 0.25) is 0 Å². The second-order valence-electron chi connectivity index (χ2n) is 5.94. The molecule has 0 aliphatic rings. The standard InChI is InChI=1S/C19H15ClN6O/c1-26-11-21-18(25-26)13-3-2-4-15(9-13)23-19(27)16-10-22-24-17(16)12-5-7-14(20)8-6-12/h2-11H,1H3,(H,22,24)(H,23,27). The number of rotatable bonds is 4. The average Bonchev–Trinajstić information content (AvgIpc) is 3.32. The number of carbonyl (C=O) groups excluding carboxylic acids is 1. The Hall–Kier alpha value is -3.45. The van der Waals surface area contributed by atoms with Crippen LogP contribution in [0.25, 0.3) is 22.6 Å². The fourth-order valence-corrected chi connectivity index (χ4v) is 2.83. The lowest BCUT2D eigenvalue weighted by molar-refractivity contribution is 0.102. The van der Waals surface area contributed by atoms with Gasteiger partial charge in [-0.15, -0.1) is 0 Å². The van der Waals surface area contributed by atoms with Crippen molar-refractivity contribution in [3.05, 3.63) is 71.6 Å². The average molecular weight is 379 g/mol. The monoisotopic (exact) mass is 378 g/mol. The fourth-order valence-electron chi connectivity index (χ4n) is 2.70. The maximum absolute atomic E-state index is 12.8. The fraction of sp³-hybridized carbons (Fsp3) is 0.0526. The van der Waals surface area contributed by atoms with Gasteiger partial charge >= 0.3 is 0 Å². The van der Waals surface area contributed by atoms with E-state index >= 15 is 0 Å². The zero-order chi connectivity index (χ0) is 18.8. The van der Waals surface area contributed by atoms with Crippen molar-refractivity contribution < 1.29 is 4.79 Å². The number of benzene rings is 2. The van der Waals surface area contributed by atoms with E-state index in [0.717, 1.165) is 11.1 Å². The number of anilines is 1. The molecule has 0 aliphatic heterocycles. The molecule has 2 heterocycles. The first kappa shape index (κ1) is 17.0. The van der Waals surface area contributed by atoms with Gasteiger partial charge in [0.1, 0.15) is 6.33 Å². The summed E-state index contributed by atoms with van der Waals surface area (Å²) in [4.78, 5) is 17.0. The van der Waals surface area contributed by atoms with E-state index in [1.165, 1.54) is 6.20 Å². The summed E-state index contributed by atoms with van der Waals surface area (Å²) in [7, 11) is 1.80. The molecule has 0 unspecified atom stereocenters. The lowest BCUT2D eigenvalue weighted by Crippen LogP contribution is -2.12. The summed E-state index contributed by atoms with van der Waals surface area (Å²) in [6.45, 7) is 0. The molecule has 2 N–H and O–H groups in total. The quantitative estimate of drug-likeness (QED) is 0.565. The van der Waals surface area contributed by atoms with E-state index in [4.69, 9.17) is 11.6 Å². The highest BCUT2D eigenvalue weighted by Gasteiger charge is 2.16. The predicted octanol–water partition coefficient (Wildman–Crippen LogP) is 3.78. The highest BCUT2D eigenvalue weighted by molar-refractivity contribution is 6.30. The van der Waals surface area contributed by atoms with E-state index in [2.05, 4.69) is 25.6 Å². The van der Waals surface area contributed by atoms with Crippen LogP contribution in [0.5, 0.6) is 0 Å². The lowest BCUT2D eigenvalue weighted by Gasteiger charge is -2.07. The number of aromatic nitrogens is 5. The molecule has 1 amide bonds. The minimum Gasteiger partial charge on any atom is -0.322 e. The molecule has 27 heavy (non-hydrogen) atoms. The summed E-state index contributed by atoms with van der Waals surface area (Å²) < 4.78 is 1.63. The van der Waals surface area contributed by atoms with Gasteiger partial charge in [0.25, 0.3) is 5.91 Å². The highest BCUT2D eigenvalue weighted by atomic mass is 35.5. The summed E-state index contributed by atoms with van der Waals surface area (Å²) in [5.74, 6) is 0.332. The minimum atomic E-state index is -0.264. The Bertz CT molecular complexity index is 1100. The van der Waals surface area contributed by atoms with Crippen LogP contribution in [0.15, 0.2) is 61.1 Å². The van der Waals surface area contributed by atoms with E-state index in [9.17, 15) is 4.79 Å².